The molecule has 0 saturated carbocycles. The molecule has 0 spiro atoms. The number of carbonyl (C=O) groups is 1. The van der Waals surface area contributed by atoms with E-state index in [9.17, 15) is 9.00 Å². The number of nitrogens with one attached hydrogen (secondary N) is 3. The molecule has 178 valence electrons. The zero-order valence-corrected chi connectivity index (χ0v) is 22.8. The second kappa shape index (κ2) is 14.7. The maximum Gasteiger partial charge on any atom is 0.408 e. The Kier molecular flexibility index (Phi) is 14.0. The van der Waals surface area contributed by atoms with Gasteiger partial charge in [-0.3, -0.25) is 9.20 Å². The topological polar surface area (TPSA) is 91.8 Å². The SMILES string of the molecule is CCC(CC)(CNC(=NC)NCCS(=O)Cc1ccccc1)NC(=O)OC(C)(C)C.I. The van der Waals surface area contributed by atoms with Crippen molar-refractivity contribution >= 4 is 46.8 Å². The highest BCUT2D eigenvalue weighted by atomic mass is 127. The van der Waals surface area contributed by atoms with Gasteiger partial charge in [0.2, 0.25) is 0 Å². The van der Waals surface area contributed by atoms with Gasteiger partial charge in [0.25, 0.3) is 0 Å². The molecular weight excluding hydrogens is 527 g/mol. The molecule has 0 fully saturated rings. The van der Waals surface area contributed by atoms with Crippen molar-refractivity contribution in [3.05, 3.63) is 35.9 Å². The van der Waals surface area contributed by atoms with Gasteiger partial charge in [0.15, 0.2) is 5.96 Å². The Morgan fingerprint density at radius 3 is 2.23 bits per heavy atom. The molecule has 0 radical (unpaired) electrons. The summed E-state index contributed by atoms with van der Waals surface area (Å²) in [6.45, 7) is 10.7. The summed E-state index contributed by atoms with van der Waals surface area (Å²) in [5.74, 6) is 1.69. The van der Waals surface area contributed by atoms with Crippen molar-refractivity contribution in [3.63, 3.8) is 0 Å². The molecule has 0 aliphatic carbocycles. The second-order valence-corrected chi connectivity index (χ2v) is 9.82. The summed E-state index contributed by atoms with van der Waals surface area (Å²) in [7, 11) is 0.741. The molecule has 0 aromatic heterocycles. The summed E-state index contributed by atoms with van der Waals surface area (Å²) in [4.78, 5) is 16.5. The van der Waals surface area contributed by atoms with E-state index in [-0.39, 0.29) is 24.0 Å². The zero-order chi connectivity index (χ0) is 22.6. The third kappa shape index (κ3) is 12.3. The molecule has 0 aliphatic rings. The Morgan fingerprint density at radius 1 is 1.10 bits per heavy atom. The normalized spacial score (nSPS) is 13.0. The highest BCUT2D eigenvalue weighted by molar-refractivity contribution is 14.0. The first-order chi connectivity index (χ1) is 14.1. The average Bonchev–Trinajstić information content (AvgIpc) is 2.68. The first-order valence-corrected chi connectivity index (χ1v) is 12.0. The van der Waals surface area contributed by atoms with E-state index in [1.807, 2.05) is 65.0 Å². The van der Waals surface area contributed by atoms with E-state index in [0.717, 1.165) is 18.4 Å². The van der Waals surface area contributed by atoms with Gasteiger partial charge >= 0.3 is 6.09 Å². The minimum Gasteiger partial charge on any atom is -0.444 e. The van der Waals surface area contributed by atoms with E-state index in [1.54, 1.807) is 7.05 Å². The van der Waals surface area contributed by atoms with Crippen LogP contribution in [0.5, 0.6) is 0 Å². The van der Waals surface area contributed by atoms with Crippen molar-refractivity contribution in [1.82, 2.24) is 16.0 Å². The minimum absolute atomic E-state index is 0. The number of guanidine groups is 1. The van der Waals surface area contributed by atoms with Crippen molar-refractivity contribution in [2.24, 2.45) is 4.99 Å². The number of halogens is 1. The van der Waals surface area contributed by atoms with Crippen LogP contribution in [0.1, 0.15) is 53.0 Å². The smallest absolute Gasteiger partial charge is 0.408 e. The van der Waals surface area contributed by atoms with Gasteiger partial charge in [0.1, 0.15) is 5.60 Å². The summed E-state index contributed by atoms with van der Waals surface area (Å²) < 4.78 is 17.7. The van der Waals surface area contributed by atoms with Crippen LogP contribution in [0.4, 0.5) is 4.79 Å². The van der Waals surface area contributed by atoms with Crippen molar-refractivity contribution in [3.8, 4) is 0 Å². The van der Waals surface area contributed by atoms with Gasteiger partial charge in [-0.25, -0.2) is 4.79 Å². The van der Waals surface area contributed by atoms with Crippen LogP contribution in [0, 0.1) is 0 Å². The van der Waals surface area contributed by atoms with E-state index in [4.69, 9.17) is 4.74 Å². The molecule has 9 heteroatoms. The molecule has 0 saturated heterocycles. The molecule has 1 aromatic carbocycles. The number of carbonyl (C=O) groups excluding carboxylic acids is 1. The number of aliphatic imine (C=N–C) groups is 1. The summed E-state index contributed by atoms with van der Waals surface area (Å²) in [6, 6.07) is 9.83. The summed E-state index contributed by atoms with van der Waals surface area (Å²) in [5.41, 5.74) is 0.0793. The van der Waals surface area contributed by atoms with Gasteiger partial charge in [0, 0.05) is 42.4 Å². The predicted octanol–water partition coefficient (Wildman–Crippen LogP) is 3.80. The summed E-state index contributed by atoms with van der Waals surface area (Å²) in [5, 5.41) is 9.49. The van der Waals surface area contributed by atoms with Crippen molar-refractivity contribution in [2.75, 3.05) is 25.9 Å². The zero-order valence-electron chi connectivity index (χ0n) is 19.6. The van der Waals surface area contributed by atoms with Crippen molar-refractivity contribution in [1.29, 1.82) is 0 Å². The van der Waals surface area contributed by atoms with Gasteiger partial charge in [0.05, 0.1) is 5.54 Å². The van der Waals surface area contributed by atoms with E-state index in [2.05, 4.69) is 20.9 Å². The van der Waals surface area contributed by atoms with E-state index < -0.39 is 28.0 Å². The van der Waals surface area contributed by atoms with Gasteiger partial charge in [-0.1, -0.05) is 44.2 Å². The largest absolute Gasteiger partial charge is 0.444 e. The van der Waals surface area contributed by atoms with E-state index in [0.29, 0.717) is 30.6 Å². The Hall–Kier alpha value is -1.36. The molecule has 0 aliphatic heterocycles. The highest BCUT2D eigenvalue weighted by Crippen LogP contribution is 2.16. The third-order valence-electron chi connectivity index (χ3n) is 4.73. The first kappa shape index (κ1) is 29.6. The Labute approximate surface area is 207 Å². The van der Waals surface area contributed by atoms with Crippen LogP contribution in [-0.4, -0.2) is 53.3 Å². The molecule has 0 bridgehead atoms. The molecule has 1 aromatic rings. The number of ether oxygens (including phenoxy) is 1. The van der Waals surface area contributed by atoms with Crippen LogP contribution in [0.3, 0.4) is 0 Å². The Morgan fingerprint density at radius 2 is 1.71 bits per heavy atom. The maximum absolute atomic E-state index is 12.3. The fraction of sp³-hybridized carbons (Fsp3) is 0.636. The minimum atomic E-state index is -0.950. The average molecular weight is 567 g/mol. The summed E-state index contributed by atoms with van der Waals surface area (Å²) in [6.07, 6.45) is 1.06. The molecule has 7 nitrogen and oxygen atoms in total. The fourth-order valence-corrected chi connectivity index (χ4v) is 3.87. The molecule has 1 unspecified atom stereocenters. The van der Waals surface area contributed by atoms with Crippen LogP contribution in [-0.2, 0) is 21.3 Å². The van der Waals surface area contributed by atoms with E-state index >= 15 is 0 Å². The monoisotopic (exact) mass is 566 g/mol. The number of nitrogens with zero attached hydrogens (tertiary/aromatic N) is 1. The number of hydrogen-bond acceptors (Lipinski definition) is 4. The Balaban J connectivity index is 0.00000900. The first-order valence-electron chi connectivity index (χ1n) is 10.5. The predicted molar refractivity (Wildman–Crippen MR) is 141 cm³/mol. The maximum atomic E-state index is 12.3. The molecule has 1 atom stereocenters. The molecule has 1 rings (SSSR count). The lowest BCUT2D eigenvalue weighted by Gasteiger charge is -2.34. The van der Waals surface area contributed by atoms with Gasteiger partial charge in [-0.15, -0.1) is 24.0 Å². The molecule has 0 heterocycles. The van der Waals surface area contributed by atoms with Crippen LogP contribution in [0.2, 0.25) is 0 Å². The molecule has 31 heavy (non-hydrogen) atoms. The lowest BCUT2D eigenvalue weighted by molar-refractivity contribution is 0.0448. The standard InChI is InChI=1S/C22H38N4O3S.HI/c1-7-22(8-2,26-20(27)29-21(3,4)5)17-25-19(23-6)24-14-15-30(28)16-18-12-10-9-11-13-18;/h9-13H,7-8,14-17H2,1-6H3,(H,26,27)(H2,23,24,25);1H. The van der Waals surface area contributed by atoms with Gasteiger partial charge in [-0.05, 0) is 39.2 Å². The second-order valence-electron chi connectivity index (χ2n) is 8.24. The third-order valence-corrected chi connectivity index (χ3v) is 6.04. The van der Waals surface area contributed by atoms with Crippen LogP contribution < -0.4 is 16.0 Å². The molecule has 3 N–H and O–H groups in total. The number of alkyl carbamates (subject to hydrolysis) is 1. The Bertz CT molecular complexity index is 704. The number of amides is 1. The van der Waals surface area contributed by atoms with Crippen molar-refractivity contribution in [2.45, 2.75) is 64.4 Å². The lowest BCUT2D eigenvalue weighted by Crippen LogP contribution is -2.57. The van der Waals surface area contributed by atoms with E-state index in [1.165, 1.54) is 0 Å². The quantitative estimate of drug-likeness (QED) is 0.228. The lowest BCUT2D eigenvalue weighted by atomic mass is 9.93. The fourth-order valence-electron chi connectivity index (χ4n) is 2.83. The number of rotatable bonds is 10. The van der Waals surface area contributed by atoms with Gasteiger partial charge in [-0.2, -0.15) is 0 Å². The van der Waals surface area contributed by atoms with Gasteiger partial charge < -0.3 is 20.7 Å². The summed E-state index contributed by atoms with van der Waals surface area (Å²) >= 11 is 0. The number of benzene rings is 1. The highest BCUT2D eigenvalue weighted by Gasteiger charge is 2.30. The molecule has 1 amide bonds. The van der Waals surface area contributed by atoms with Crippen molar-refractivity contribution < 1.29 is 13.7 Å². The van der Waals surface area contributed by atoms with Crippen LogP contribution in [0.25, 0.3) is 0 Å². The number of hydrogen-bond donors (Lipinski definition) is 3. The van der Waals surface area contributed by atoms with Crippen LogP contribution >= 0.6 is 24.0 Å². The van der Waals surface area contributed by atoms with Crippen LogP contribution in [0.15, 0.2) is 35.3 Å². The molecular formula is C22H39IN4O3S.